The molecule has 9 nitrogen and oxygen atoms in total. The third-order valence-corrected chi connectivity index (χ3v) is 4.20. The summed E-state index contributed by atoms with van der Waals surface area (Å²) in [5.41, 5.74) is 1.88. The Balaban J connectivity index is 1.92. The number of fused-ring (bicyclic) bond motifs is 1. The van der Waals surface area contributed by atoms with Crippen molar-refractivity contribution in [1.82, 2.24) is 25.4 Å². The molecule has 1 aromatic carbocycles. The third-order valence-electron chi connectivity index (χ3n) is 4.20. The zero-order valence-corrected chi connectivity index (χ0v) is 14.7. The van der Waals surface area contributed by atoms with Crippen molar-refractivity contribution in [2.75, 3.05) is 23.8 Å². The summed E-state index contributed by atoms with van der Waals surface area (Å²) in [4.78, 5) is 8.83. The van der Waals surface area contributed by atoms with Crippen LogP contribution in [0.1, 0.15) is 25.5 Å². The van der Waals surface area contributed by atoms with E-state index in [9.17, 15) is 10.2 Å². The number of hydrogen-bond acceptors (Lipinski definition) is 8. The van der Waals surface area contributed by atoms with Gasteiger partial charge in [0.2, 0.25) is 5.95 Å². The largest absolute Gasteiger partial charge is 0.394 e. The molecule has 0 aliphatic carbocycles. The second-order valence-electron chi connectivity index (χ2n) is 6.37. The Kier molecular flexibility index (Phi) is 5.59. The van der Waals surface area contributed by atoms with E-state index in [1.807, 2.05) is 44.2 Å². The predicted molar refractivity (Wildman–Crippen MR) is 98.7 cm³/mol. The molecule has 26 heavy (non-hydrogen) atoms. The number of aliphatic hydroxyl groups is 2. The number of H-pyrrole nitrogens is 1. The Morgan fingerprint density at radius 3 is 2.46 bits per heavy atom. The Morgan fingerprint density at radius 2 is 1.81 bits per heavy atom. The lowest BCUT2D eigenvalue weighted by Crippen LogP contribution is -2.30. The molecule has 2 atom stereocenters. The lowest BCUT2D eigenvalue weighted by Gasteiger charge is -2.21. The van der Waals surface area contributed by atoms with E-state index in [0.29, 0.717) is 22.9 Å². The van der Waals surface area contributed by atoms with Gasteiger partial charge < -0.3 is 20.8 Å². The van der Waals surface area contributed by atoms with Gasteiger partial charge in [0.1, 0.15) is 0 Å². The fourth-order valence-corrected chi connectivity index (χ4v) is 2.59. The highest BCUT2D eigenvalue weighted by Gasteiger charge is 2.19. The highest BCUT2D eigenvalue weighted by Crippen LogP contribution is 2.24. The van der Waals surface area contributed by atoms with Crippen LogP contribution in [-0.4, -0.2) is 54.8 Å². The average molecular weight is 357 g/mol. The van der Waals surface area contributed by atoms with Gasteiger partial charge in [-0.05, 0) is 11.5 Å². The monoisotopic (exact) mass is 357 g/mol. The molecule has 0 aliphatic rings. The van der Waals surface area contributed by atoms with Crippen molar-refractivity contribution in [2.45, 2.75) is 25.9 Å². The first-order chi connectivity index (χ1) is 12.6. The molecule has 0 saturated carbocycles. The van der Waals surface area contributed by atoms with Gasteiger partial charge in [-0.3, -0.25) is 0 Å². The summed E-state index contributed by atoms with van der Waals surface area (Å²) >= 11 is 0. The Labute approximate surface area is 150 Å². The van der Waals surface area contributed by atoms with Gasteiger partial charge in [-0.25, -0.2) is 5.10 Å². The zero-order chi connectivity index (χ0) is 18.5. The molecule has 3 rings (SSSR count). The lowest BCUT2D eigenvalue weighted by molar-refractivity contribution is 0.248. The summed E-state index contributed by atoms with van der Waals surface area (Å²) in [6, 6.07) is 9.06. The number of anilines is 2. The Hall–Kier alpha value is -2.78. The van der Waals surface area contributed by atoms with E-state index < -0.39 is 0 Å². The van der Waals surface area contributed by atoms with Gasteiger partial charge in [0, 0.05) is 0 Å². The summed E-state index contributed by atoms with van der Waals surface area (Å²) in [7, 11) is 0. The van der Waals surface area contributed by atoms with Crippen LogP contribution in [-0.2, 0) is 0 Å². The first-order valence-electron chi connectivity index (χ1n) is 8.51. The number of benzene rings is 1. The van der Waals surface area contributed by atoms with Crippen molar-refractivity contribution in [3.63, 3.8) is 0 Å². The number of nitrogens with one attached hydrogen (secondary N) is 3. The quantitative estimate of drug-likeness (QED) is 0.408. The van der Waals surface area contributed by atoms with Crippen LogP contribution in [0.2, 0.25) is 0 Å². The molecular weight excluding hydrogens is 334 g/mol. The van der Waals surface area contributed by atoms with Crippen molar-refractivity contribution in [2.24, 2.45) is 5.92 Å². The second kappa shape index (κ2) is 8.07. The molecule has 2 heterocycles. The number of aromatic nitrogens is 5. The molecule has 0 fully saturated rings. The van der Waals surface area contributed by atoms with Gasteiger partial charge in [-0.2, -0.15) is 9.97 Å². The molecule has 3 aromatic rings. The Morgan fingerprint density at radius 1 is 1.04 bits per heavy atom. The molecule has 0 bridgehead atoms. The van der Waals surface area contributed by atoms with Crippen LogP contribution in [0.25, 0.3) is 11.2 Å². The molecule has 0 saturated heterocycles. The number of hydrogen-bond donors (Lipinski definition) is 5. The van der Waals surface area contributed by atoms with Crippen molar-refractivity contribution in [3.05, 3.63) is 35.9 Å². The van der Waals surface area contributed by atoms with Crippen molar-refractivity contribution < 1.29 is 10.2 Å². The minimum absolute atomic E-state index is 0.0354. The maximum atomic E-state index is 9.79. The predicted octanol–water partition coefficient (Wildman–Crippen LogP) is 1.32. The van der Waals surface area contributed by atoms with E-state index >= 15 is 0 Å². The topological polar surface area (TPSA) is 132 Å². The normalized spacial score (nSPS) is 13.7. The van der Waals surface area contributed by atoms with Gasteiger partial charge in [0.15, 0.2) is 17.0 Å². The minimum Gasteiger partial charge on any atom is -0.394 e. The molecule has 0 aliphatic heterocycles. The highest BCUT2D eigenvalue weighted by atomic mass is 16.3. The van der Waals surface area contributed by atoms with Crippen molar-refractivity contribution in [1.29, 1.82) is 0 Å². The first-order valence-corrected chi connectivity index (χ1v) is 8.51. The van der Waals surface area contributed by atoms with Crippen LogP contribution in [0.4, 0.5) is 11.8 Å². The minimum atomic E-state index is -0.349. The van der Waals surface area contributed by atoms with Crippen LogP contribution in [0.3, 0.4) is 0 Å². The fourth-order valence-electron chi connectivity index (χ4n) is 2.59. The van der Waals surface area contributed by atoms with Crippen LogP contribution in [0, 0.1) is 5.92 Å². The van der Waals surface area contributed by atoms with Gasteiger partial charge in [0.05, 0.1) is 25.3 Å². The Bertz CT molecular complexity index is 838. The first kappa shape index (κ1) is 18.0. The van der Waals surface area contributed by atoms with E-state index in [1.54, 1.807) is 0 Å². The standard InChI is InChI=1S/C17H23N7O2/c1-10(2)12(8-25)19-17-20-15(14-16(21-17)23-24-22-14)18-13(9-26)11-6-4-3-5-7-11/h3-7,10,12-13,25-26H,8-9H2,1-2H3,(H3,18,19,20,21,22,23,24)/t12?,13-/m0/s1. The number of rotatable bonds is 8. The smallest absolute Gasteiger partial charge is 0.227 e. The van der Waals surface area contributed by atoms with E-state index in [1.165, 1.54) is 0 Å². The molecule has 0 amide bonds. The average Bonchev–Trinajstić information content (AvgIpc) is 3.13. The maximum absolute atomic E-state index is 9.79. The summed E-state index contributed by atoms with van der Waals surface area (Å²) in [6.07, 6.45) is 0. The van der Waals surface area contributed by atoms with Crippen LogP contribution < -0.4 is 10.6 Å². The molecule has 138 valence electrons. The number of aliphatic hydroxyl groups excluding tert-OH is 2. The van der Waals surface area contributed by atoms with E-state index in [-0.39, 0.29) is 31.2 Å². The molecule has 1 unspecified atom stereocenters. The molecule has 9 heteroatoms. The molecule has 0 radical (unpaired) electrons. The third kappa shape index (κ3) is 3.89. The number of aromatic amines is 1. The maximum Gasteiger partial charge on any atom is 0.227 e. The van der Waals surface area contributed by atoms with Gasteiger partial charge in [-0.15, -0.1) is 5.10 Å². The van der Waals surface area contributed by atoms with E-state index in [4.69, 9.17) is 0 Å². The van der Waals surface area contributed by atoms with Crippen LogP contribution >= 0.6 is 0 Å². The summed E-state index contributed by atoms with van der Waals surface area (Å²) in [5, 5.41) is 36.2. The van der Waals surface area contributed by atoms with Gasteiger partial charge in [0.25, 0.3) is 0 Å². The fraction of sp³-hybridized carbons (Fsp3) is 0.412. The van der Waals surface area contributed by atoms with Crippen molar-refractivity contribution >= 4 is 22.9 Å². The summed E-state index contributed by atoms with van der Waals surface area (Å²) in [6.45, 7) is 3.86. The molecule has 0 spiro atoms. The van der Waals surface area contributed by atoms with E-state index in [2.05, 4.69) is 36.0 Å². The molecular formula is C17H23N7O2. The van der Waals surface area contributed by atoms with E-state index in [0.717, 1.165) is 5.56 Å². The van der Waals surface area contributed by atoms with Crippen molar-refractivity contribution in [3.8, 4) is 0 Å². The summed E-state index contributed by atoms with van der Waals surface area (Å²) < 4.78 is 0. The van der Waals surface area contributed by atoms with Crippen LogP contribution in [0.5, 0.6) is 0 Å². The number of nitrogens with zero attached hydrogens (tertiary/aromatic N) is 4. The van der Waals surface area contributed by atoms with Crippen LogP contribution in [0.15, 0.2) is 30.3 Å². The second-order valence-corrected chi connectivity index (χ2v) is 6.37. The summed E-state index contributed by atoms with van der Waals surface area (Å²) in [5.74, 6) is 1.00. The molecule has 5 N–H and O–H groups in total. The highest BCUT2D eigenvalue weighted by molar-refractivity contribution is 5.83. The van der Waals surface area contributed by atoms with Gasteiger partial charge >= 0.3 is 0 Å². The molecule has 2 aromatic heterocycles. The zero-order valence-electron chi connectivity index (χ0n) is 14.7. The van der Waals surface area contributed by atoms with Gasteiger partial charge in [-0.1, -0.05) is 49.4 Å². The lowest BCUT2D eigenvalue weighted by atomic mass is 10.1. The SMILES string of the molecule is CC(C)C(CO)Nc1nc(N[C@@H](CO)c2ccccc2)c2nn[nH]c2n1.